The second-order valence-electron chi connectivity index (χ2n) is 6.77. The number of carbonyl (C=O) groups is 1. The van der Waals surface area contributed by atoms with E-state index in [9.17, 15) is 17.6 Å². The van der Waals surface area contributed by atoms with E-state index in [1.54, 1.807) is 30.3 Å². The van der Waals surface area contributed by atoms with Crippen LogP contribution in [0.2, 0.25) is 10.0 Å². The minimum atomic E-state index is -4.18. The number of carbonyl (C=O) groups excluding carboxylic acids is 1. The van der Waals surface area contributed by atoms with E-state index >= 15 is 0 Å². The fourth-order valence-electron chi connectivity index (χ4n) is 3.19. The second kappa shape index (κ2) is 9.78. The lowest BCUT2D eigenvalue weighted by Crippen LogP contribution is -2.42. The van der Waals surface area contributed by atoms with Crippen molar-refractivity contribution >= 4 is 39.1 Å². The molecule has 5 nitrogen and oxygen atoms in total. The summed E-state index contributed by atoms with van der Waals surface area (Å²) in [5.41, 5.74) is 6.30. The van der Waals surface area contributed by atoms with E-state index in [0.717, 1.165) is 10.4 Å². The fraction of sp³-hybridized carbons (Fsp3) is 0.136. The Kier molecular flexibility index (Phi) is 7.33. The van der Waals surface area contributed by atoms with Crippen molar-refractivity contribution < 1.29 is 17.6 Å². The lowest BCUT2D eigenvalue weighted by molar-refractivity contribution is -0.121. The predicted molar refractivity (Wildman–Crippen MR) is 119 cm³/mol. The van der Waals surface area contributed by atoms with Crippen LogP contribution in [0.15, 0.2) is 77.7 Å². The minimum absolute atomic E-state index is 0.00638. The standard InChI is InChI=1S/C22H19Cl2FN2O3S/c23-17-8-10-19(11-9-17)31(29,30)27(13-12-15-6-7-18(24)14-20(15)25)21(22(26)28)16-4-2-1-3-5-16/h1-11,14,21H,12-13H2,(H2,26,28)/t21-/m1/s1. The van der Waals surface area contributed by atoms with Crippen LogP contribution in [0, 0.1) is 5.82 Å². The number of benzene rings is 3. The largest absolute Gasteiger partial charge is 0.368 e. The Morgan fingerprint density at radius 1 is 0.968 bits per heavy atom. The number of nitrogens with zero attached hydrogens (tertiary/aromatic N) is 1. The summed E-state index contributed by atoms with van der Waals surface area (Å²) in [7, 11) is -4.18. The van der Waals surface area contributed by atoms with Crippen molar-refractivity contribution in [3.63, 3.8) is 0 Å². The highest BCUT2D eigenvalue weighted by Crippen LogP contribution is 2.29. The first-order chi connectivity index (χ1) is 14.7. The SMILES string of the molecule is NC(=O)[C@@H](c1ccccc1)N(CCc1ccc(Cl)cc1F)S(=O)(=O)c1ccc(Cl)cc1. The van der Waals surface area contributed by atoms with Gasteiger partial charge in [-0.1, -0.05) is 59.6 Å². The molecular formula is C22H19Cl2FN2O3S. The summed E-state index contributed by atoms with van der Waals surface area (Å²) in [6.07, 6.45) is 0.00638. The number of hydrogen-bond donors (Lipinski definition) is 1. The van der Waals surface area contributed by atoms with Crippen molar-refractivity contribution in [2.75, 3.05) is 6.54 Å². The molecule has 3 aromatic rings. The summed E-state index contributed by atoms with van der Waals surface area (Å²) in [6, 6.07) is 16.7. The highest BCUT2D eigenvalue weighted by molar-refractivity contribution is 7.89. The fourth-order valence-corrected chi connectivity index (χ4v) is 5.06. The zero-order chi connectivity index (χ0) is 22.6. The number of primary amides is 1. The van der Waals surface area contributed by atoms with Crippen molar-refractivity contribution in [3.8, 4) is 0 Å². The van der Waals surface area contributed by atoms with Crippen LogP contribution in [0.5, 0.6) is 0 Å². The van der Waals surface area contributed by atoms with Gasteiger partial charge in [0.15, 0.2) is 0 Å². The maximum atomic E-state index is 14.3. The Balaban J connectivity index is 2.06. The van der Waals surface area contributed by atoms with Gasteiger partial charge in [-0.3, -0.25) is 4.79 Å². The molecule has 0 radical (unpaired) electrons. The number of hydrogen-bond acceptors (Lipinski definition) is 3. The topological polar surface area (TPSA) is 80.5 Å². The molecule has 9 heteroatoms. The molecule has 0 saturated carbocycles. The molecule has 0 aromatic heterocycles. The number of halogens is 3. The number of amides is 1. The Labute approximate surface area is 190 Å². The average molecular weight is 481 g/mol. The molecule has 0 aliphatic carbocycles. The van der Waals surface area contributed by atoms with E-state index in [1.165, 1.54) is 36.4 Å². The molecule has 0 unspecified atom stereocenters. The molecule has 31 heavy (non-hydrogen) atoms. The van der Waals surface area contributed by atoms with Crippen LogP contribution in [0.4, 0.5) is 4.39 Å². The van der Waals surface area contributed by atoms with Crippen LogP contribution >= 0.6 is 23.2 Å². The lowest BCUT2D eigenvalue weighted by Gasteiger charge is -2.29. The van der Waals surface area contributed by atoms with E-state index in [4.69, 9.17) is 28.9 Å². The second-order valence-corrected chi connectivity index (χ2v) is 9.53. The van der Waals surface area contributed by atoms with Gasteiger partial charge < -0.3 is 5.73 Å². The van der Waals surface area contributed by atoms with Crippen LogP contribution in [0.25, 0.3) is 0 Å². The van der Waals surface area contributed by atoms with Gasteiger partial charge in [0.05, 0.1) is 4.90 Å². The molecular weight excluding hydrogens is 462 g/mol. The van der Waals surface area contributed by atoms with Crippen molar-refractivity contribution in [3.05, 3.63) is 99.8 Å². The summed E-state index contributed by atoms with van der Waals surface area (Å²) in [6.45, 7) is -0.188. The van der Waals surface area contributed by atoms with Crippen molar-refractivity contribution in [1.29, 1.82) is 0 Å². The van der Waals surface area contributed by atoms with Crippen LogP contribution in [0.3, 0.4) is 0 Å². The van der Waals surface area contributed by atoms with Gasteiger partial charge in [-0.25, -0.2) is 12.8 Å². The molecule has 162 valence electrons. The third kappa shape index (κ3) is 5.43. The van der Waals surface area contributed by atoms with Crippen LogP contribution < -0.4 is 5.73 Å². The van der Waals surface area contributed by atoms with Crippen LogP contribution in [-0.4, -0.2) is 25.2 Å². The van der Waals surface area contributed by atoms with Gasteiger partial charge in [0.25, 0.3) is 0 Å². The molecule has 0 bridgehead atoms. The molecule has 0 heterocycles. The van der Waals surface area contributed by atoms with E-state index in [2.05, 4.69) is 0 Å². The first-order valence-electron chi connectivity index (χ1n) is 9.26. The summed E-state index contributed by atoms with van der Waals surface area (Å²) in [5.74, 6) is -1.41. The molecule has 3 rings (SSSR count). The summed E-state index contributed by atoms with van der Waals surface area (Å²) in [5, 5.41) is 0.592. The smallest absolute Gasteiger partial charge is 0.244 e. The quantitative estimate of drug-likeness (QED) is 0.511. The Morgan fingerprint density at radius 2 is 1.58 bits per heavy atom. The third-order valence-electron chi connectivity index (χ3n) is 4.71. The van der Waals surface area contributed by atoms with Gasteiger partial charge in [0.1, 0.15) is 11.9 Å². The Hall–Kier alpha value is -2.45. The van der Waals surface area contributed by atoms with Gasteiger partial charge in [-0.2, -0.15) is 4.31 Å². The van der Waals surface area contributed by atoms with Crippen molar-refractivity contribution in [2.24, 2.45) is 5.73 Å². The summed E-state index contributed by atoms with van der Waals surface area (Å²) < 4.78 is 42.2. The van der Waals surface area contributed by atoms with Gasteiger partial charge in [-0.05, 0) is 53.9 Å². The average Bonchev–Trinajstić information content (AvgIpc) is 2.72. The van der Waals surface area contributed by atoms with E-state index in [0.29, 0.717) is 10.6 Å². The zero-order valence-electron chi connectivity index (χ0n) is 16.2. The normalized spacial score (nSPS) is 12.6. The maximum Gasteiger partial charge on any atom is 0.244 e. The molecule has 0 aliphatic heterocycles. The molecule has 3 aromatic carbocycles. The Bertz CT molecular complexity index is 1170. The van der Waals surface area contributed by atoms with Crippen molar-refractivity contribution in [2.45, 2.75) is 17.4 Å². The zero-order valence-corrected chi connectivity index (χ0v) is 18.5. The molecule has 1 atom stereocenters. The molecule has 0 saturated heterocycles. The van der Waals surface area contributed by atoms with E-state index in [-0.39, 0.29) is 28.4 Å². The first-order valence-corrected chi connectivity index (χ1v) is 11.5. The highest BCUT2D eigenvalue weighted by Gasteiger charge is 2.36. The summed E-state index contributed by atoms with van der Waals surface area (Å²) >= 11 is 11.7. The highest BCUT2D eigenvalue weighted by atomic mass is 35.5. The maximum absolute atomic E-state index is 14.3. The van der Waals surface area contributed by atoms with E-state index < -0.39 is 27.8 Å². The molecule has 0 aliphatic rings. The summed E-state index contributed by atoms with van der Waals surface area (Å²) in [4.78, 5) is 12.3. The molecule has 1 amide bonds. The van der Waals surface area contributed by atoms with Crippen LogP contribution in [-0.2, 0) is 21.2 Å². The number of sulfonamides is 1. The molecule has 0 spiro atoms. The Morgan fingerprint density at radius 3 is 2.16 bits per heavy atom. The molecule has 0 fully saturated rings. The van der Waals surface area contributed by atoms with Gasteiger partial charge in [0.2, 0.25) is 15.9 Å². The number of nitrogens with two attached hydrogens (primary N) is 1. The monoisotopic (exact) mass is 480 g/mol. The van der Waals surface area contributed by atoms with Gasteiger partial charge >= 0.3 is 0 Å². The van der Waals surface area contributed by atoms with Gasteiger partial charge in [0, 0.05) is 16.6 Å². The predicted octanol–water partition coefficient (Wildman–Crippen LogP) is 4.59. The first kappa shape index (κ1) is 23.2. The lowest BCUT2D eigenvalue weighted by atomic mass is 10.1. The van der Waals surface area contributed by atoms with Gasteiger partial charge in [-0.15, -0.1) is 0 Å². The number of rotatable bonds is 8. The third-order valence-corrected chi connectivity index (χ3v) is 7.08. The van der Waals surface area contributed by atoms with Crippen molar-refractivity contribution in [1.82, 2.24) is 4.31 Å². The minimum Gasteiger partial charge on any atom is -0.368 e. The van der Waals surface area contributed by atoms with Crippen LogP contribution in [0.1, 0.15) is 17.2 Å². The molecule has 2 N–H and O–H groups in total. The van der Waals surface area contributed by atoms with E-state index in [1.807, 2.05) is 0 Å².